The van der Waals surface area contributed by atoms with Crippen LogP contribution >= 0.6 is 0 Å². The molecule has 3 amide bonds. The Hall–Kier alpha value is -3.22. The number of hydrogen-bond acceptors (Lipinski definition) is 8. The van der Waals surface area contributed by atoms with Gasteiger partial charge in [-0.15, -0.1) is 0 Å². The number of carboxylic acid groups (broad SMARTS) is 1. The number of nitrogens with two attached hydrogens (primary N) is 3. The predicted molar refractivity (Wildman–Crippen MR) is 148 cm³/mol. The average molecular weight is 551 g/mol. The van der Waals surface area contributed by atoms with Crippen molar-refractivity contribution < 1.29 is 29.4 Å². The summed E-state index contributed by atoms with van der Waals surface area (Å²) in [6.07, 6.45) is 3.53. The van der Waals surface area contributed by atoms with E-state index in [0.717, 1.165) is 6.42 Å². The lowest BCUT2D eigenvalue weighted by Gasteiger charge is -2.26. The Labute approximate surface area is 230 Å². The number of nitrogens with one attached hydrogen (secondary N) is 3. The zero-order valence-corrected chi connectivity index (χ0v) is 23.0. The number of phenolic OH excluding ortho intramolecular Hbond substituents is 1. The highest BCUT2D eigenvalue weighted by atomic mass is 16.4. The highest BCUT2D eigenvalue weighted by molar-refractivity contribution is 5.94. The van der Waals surface area contributed by atoms with Gasteiger partial charge in [0.25, 0.3) is 0 Å². The van der Waals surface area contributed by atoms with Crippen LogP contribution in [-0.4, -0.2) is 71.2 Å². The summed E-state index contributed by atoms with van der Waals surface area (Å²) in [6, 6.07) is 2.05. The molecule has 0 aliphatic rings. The number of aromatic hydroxyl groups is 1. The molecule has 12 nitrogen and oxygen atoms in total. The third kappa shape index (κ3) is 13.4. The van der Waals surface area contributed by atoms with Crippen LogP contribution in [-0.2, 0) is 25.6 Å². The molecule has 0 radical (unpaired) electrons. The summed E-state index contributed by atoms with van der Waals surface area (Å²) in [5.41, 5.74) is 17.7. The van der Waals surface area contributed by atoms with Gasteiger partial charge in [-0.1, -0.05) is 32.4 Å². The summed E-state index contributed by atoms with van der Waals surface area (Å²) < 4.78 is 0. The van der Waals surface area contributed by atoms with Crippen molar-refractivity contribution in [1.29, 1.82) is 0 Å². The average Bonchev–Trinajstić information content (AvgIpc) is 2.88. The van der Waals surface area contributed by atoms with E-state index in [-0.39, 0.29) is 30.9 Å². The maximum absolute atomic E-state index is 13.4. The van der Waals surface area contributed by atoms with Crippen molar-refractivity contribution in [2.24, 2.45) is 23.1 Å². The lowest BCUT2D eigenvalue weighted by Crippen LogP contribution is -2.57. The summed E-state index contributed by atoms with van der Waals surface area (Å²) in [4.78, 5) is 51.0. The van der Waals surface area contributed by atoms with Crippen LogP contribution in [0.15, 0.2) is 24.3 Å². The molecule has 11 N–H and O–H groups in total. The van der Waals surface area contributed by atoms with E-state index in [0.29, 0.717) is 44.3 Å². The molecule has 0 spiro atoms. The molecule has 12 heteroatoms. The minimum absolute atomic E-state index is 0.00717. The molecule has 4 unspecified atom stereocenters. The third-order valence-electron chi connectivity index (χ3n) is 6.22. The Balaban J connectivity index is 3.11. The maximum atomic E-state index is 13.4. The van der Waals surface area contributed by atoms with Gasteiger partial charge < -0.3 is 43.4 Å². The molecule has 0 bridgehead atoms. The molecule has 0 fully saturated rings. The van der Waals surface area contributed by atoms with Gasteiger partial charge in [-0.25, -0.2) is 4.79 Å². The number of benzene rings is 1. The minimum atomic E-state index is -1.18. The molecule has 0 aliphatic heterocycles. The van der Waals surface area contributed by atoms with Gasteiger partial charge in [0.1, 0.15) is 23.9 Å². The van der Waals surface area contributed by atoms with Crippen LogP contribution in [0.5, 0.6) is 5.75 Å². The quantitative estimate of drug-likeness (QED) is 0.109. The van der Waals surface area contributed by atoms with Crippen molar-refractivity contribution in [1.82, 2.24) is 16.0 Å². The smallest absolute Gasteiger partial charge is 0.326 e. The van der Waals surface area contributed by atoms with Gasteiger partial charge in [-0.05, 0) is 75.2 Å². The minimum Gasteiger partial charge on any atom is -0.508 e. The normalized spacial score (nSPS) is 14.2. The Bertz CT molecular complexity index is 911. The van der Waals surface area contributed by atoms with Crippen molar-refractivity contribution in [2.45, 2.75) is 89.4 Å². The second-order valence-corrected chi connectivity index (χ2v) is 10.2. The largest absolute Gasteiger partial charge is 0.508 e. The predicted octanol–water partition coefficient (Wildman–Crippen LogP) is 0.105. The molecule has 4 atom stereocenters. The molecule has 0 aromatic heterocycles. The fraction of sp³-hybridized carbons (Fsp3) is 0.630. The molecule has 0 aliphatic carbocycles. The molecule has 1 aromatic carbocycles. The molecular weight excluding hydrogens is 504 g/mol. The number of amides is 3. The first-order valence-corrected chi connectivity index (χ1v) is 13.6. The van der Waals surface area contributed by atoms with Crippen LogP contribution in [0.4, 0.5) is 0 Å². The standard InChI is InChI=1S/C27H46N6O6/c1-17(2)15-23(27(38)39)33-26(37)22(16-18-9-11-19(34)12-10-18)32-25(36)21(8-4-6-14-29)31-24(35)20(30)7-3-5-13-28/h9-12,17,20-23,34H,3-8,13-16,28-30H2,1-2H3,(H,31,35)(H,32,36)(H,33,37)(H,38,39). The zero-order valence-electron chi connectivity index (χ0n) is 23.0. The van der Waals surface area contributed by atoms with Crippen molar-refractivity contribution in [2.75, 3.05) is 13.1 Å². The van der Waals surface area contributed by atoms with Gasteiger partial charge >= 0.3 is 5.97 Å². The monoisotopic (exact) mass is 550 g/mol. The van der Waals surface area contributed by atoms with Crippen molar-refractivity contribution >= 4 is 23.7 Å². The number of phenols is 1. The maximum Gasteiger partial charge on any atom is 0.326 e. The number of unbranched alkanes of at least 4 members (excludes halogenated alkanes) is 2. The van der Waals surface area contributed by atoms with E-state index in [1.165, 1.54) is 12.1 Å². The van der Waals surface area contributed by atoms with E-state index in [1.807, 2.05) is 13.8 Å². The Morgan fingerprint density at radius 1 is 0.769 bits per heavy atom. The number of carboxylic acids is 1. The number of carbonyl (C=O) groups excluding carboxylic acids is 3. The van der Waals surface area contributed by atoms with Gasteiger partial charge in [0, 0.05) is 6.42 Å². The Morgan fingerprint density at radius 3 is 1.82 bits per heavy atom. The second-order valence-electron chi connectivity index (χ2n) is 10.2. The van der Waals surface area contributed by atoms with E-state index in [2.05, 4.69) is 16.0 Å². The topological polar surface area (TPSA) is 223 Å². The van der Waals surface area contributed by atoms with Gasteiger partial charge in [0.15, 0.2) is 0 Å². The summed E-state index contributed by atoms with van der Waals surface area (Å²) in [5.74, 6) is -2.88. The summed E-state index contributed by atoms with van der Waals surface area (Å²) in [7, 11) is 0. The van der Waals surface area contributed by atoms with Crippen LogP contribution in [0.3, 0.4) is 0 Å². The molecule has 0 saturated heterocycles. The molecule has 0 heterocycles. The van der Waals surface area contributed by atoms with Crippen LogP contribution in [0.25, 0.3) is 0 Å². The summed E-state index contributed by atoms with van der Waals surface area (Å²) in [5, 5.41) is 27.1. The van der Waals surface area contributed by atoms with E-state index in [1.54, 1.807) is 12.1 Å². The number of hydrogen-bond donors (Lipinski definition) is 8. The highest BCUT2D eigenvalue weighted by Gasteiger charge is 2.30. The second kappa shape index (κ2) is 18.1. The van der Waals surface area contributed by atoms with Crippen LogP contribution in [0.2, 0.25) is 0 Å². The first-order valence-electron chi connectivity index (χ1n) is 13.6. The van der Waals surface area contributed by atoms with Crippen molar-refractivity contribution in [3.63, 3.8) is 0 Å². The molecule has 1 rings (SSSR count). The van der Waals surface area contributed by atoms with E-state index < -0.39 is 47.9 Å². The fourth-order valence-electron chi connectivity index (χ4n) is 3.99. The molecule has 1 aromatic rings. The zero-order chi connectivity index (χ0) is 29.4. The van der Waals surface area contributed by atoms with E-state index in [4.69, 9.17) is 17.2 Å². The van der Waals surface area contributed by atoms with Gasteiger partial charge in [0.05, 0.1) is 6.04 Å². The molecule has 220 valence electrons. The third-order valence-corrected chi connectivity index (χ3v) is 6.22. The van der Waals surface area contributed by atoms with Crippen LogP contribution < -0.4 is 33.2 Å². The summed E-state index contributed by atoms with van der Waals surface area (Å²) in [6.45, 7) is 4.59. The summed E-state index contributed by atoms with van der Waals surface area (Å²) >= 11 is 0. The van der Waals surface area contributed by atoms with Crippen LogP contribution in [0.1, 0.15) is 64.4 Å². The Morgan fingerprint density at radius 2 is 1.28 bits per heavy atom. The van der Waals surface area contributed by atoms with Crippen molar-refractivity contribution in [3.05, 3.63) is 29.8 Å². The van der Waals surface area contributed by atoms with Crippen LogP contribution in [0, 0.1) is 5.92 Å². The number of rotatable bonds is 19. The number of carbonyl (C=O) groups is 4. The van der Waals surface area contributed by atoms with Gasteiger partial charge in [-0.2, -0.15) is 0 Å². The van der Waals surface area contributed by atoms with E-state index in [9.17, 15) is 29.4 Å². The van der Waals surface area contributed by atoms with Gasteiger partial charge in [0.2, 0.25) is 17.7 Å². The lowest BCUT2D eigenvalue weighted by molar-refractivity contribution is -0.142. The lowest BCUT2D eigenvalue weighted by atomic mass is 10.0. The molecular formula is C27H46N6O6. The first kappa shape index (κ1) is 33.8. The Kier molecular flexibility index (Phi) is 15.7. The first-order chi connectivity index (χ1) is 18.5. The highest BCUT2D eigenvalue weighted by Crippen LogP contribution is 2.13. The SMILES string of the molecule is CC(C)CC(NC(=O)C(Cc1ccc(O)cc1)NC(=O)C(CCCCN)NC(=O)C(N)CCCCN)C(=O)O. The molecule has 39 heavy (non-hydrogen) atoms. The van der Waals surface area contributed by atoms with E-state index >= 15 is 0 Å². The van der Waals surface area contributed by atoms with Gasteiger partial charge in [-0.3, -0.25) is 14.4 Å². The van der Waals surface area contributed by atoms with Crippen molar-refractivity contribution in [3.8, 4) is 5.75 Å². The number of aliphatic carboxylic acids is 1. The fourth-order valence-corrected chi connectivity index (χ4v) is 3.99. The molecule has 0 saturated carbocycles.